The van der Waals surface area contributed by atoms with Crippen LogP contribution in [0.1, 0.15) is 24.0 Å². The molecule has 1 saturated heterocycles. The summed E-state index contributed by atoms with van der Waals surface area (Å²) in [5, 5.41) is 0. The predicted octanol–water partition coefficient (Wildman–Crippen LogP) is 1.71. The fourth-order valence-corrected chi connectivity index (χ4v) is 2.89. The summed E-state index contributed by atoms with van der Waals surface area (Å²) in [6.07, 6.45) is 3.62. The highest BCUT2D eigenvalue weighted by Gasteiger charge is 2.20. The van der Waals surface area contributed by atoms with Crippen molar-refractivity contribution in [2.24, 2.45) is 5.73 Å². The van der Waals surface area contributed by atoms with E-state index in [4.69, 9.17) is 5.73 Å². The van der Waals surface area contributed by atoms with Crippen LogP contribution in [0.4, 0.5) is 0 Å². The molecule has 1 atom stereocenters. The second-order valence-electron chi connectivity index (χ2n) is 5.83. The Morgan fingerprint density at radius 1 is 1.26 bits per heavy atom. The fourth-order valence-electron chi connectivity index (χ4n) is 2.89. The summed E-state index contributed by atoms with van der Waals surface area (Å²) in [5.74, 6) is 0. The molecular weight excluding hydrogens is 234 g/mol. The van der Waals surface area contributed by atoms with Crippen LogP contribution in [0.2, 0.25) is 0 Å². The molecule has 0 aliphatic carbocycles. The lowest BCUT2D eigenvalue weighted by Gasteiger charge is -2.35. The van der Waals surface area contributed by atoms with E-state index in [9.17, 15) is 0 Å². The number of likely N-dealkylation sites (tertiary alicyclic amines) is 1. The van der Waals surface area contributed by atoms with Crippen LogP contribution >= 0.6 is 0 Å². The number of rotatable bonds is 5. The minimum absolute atomic E-state index is 0.697. The van der Waals surface area contributed by atoms with Gasteiger partial charge >= 0.3 is 0 Å². The van der Waals surface area contributed by atoms with Crippen molar-refractivity contribution in [3.05, 3.63) is 35.4 Å². The smallest absolute Gasteiger partial charge is 0.0234 e. The van der Waals surface area contributed by atoms with Gasteiger partial charge in [0.2, 0.25) is 0 Å². The maximum absolute atomic E-state index is 5.58. The number of hydrogen-bond donors (Lipinski definition) is 1. The van der Waals surface area contributed by atoms with E-state index in [1.807, 2.05) is 0 Å². The molecule has 2 N–H and O–H groups in total. The van der Waals surface area contributed by atoms with Crippen LogP contribution < -0.4 is 5.73 Å². The van der Waals surface area contributed by atoms with Crippen molar-refractivity contribution in [1.29, 1.82) is 0 Å². The van der Waals surface area contributed by atoms with Crippen molar-refractivity contribution >= 4 is 0 Å². The molecule has 0 aromatic heterocycles. The van der Waals surface area contributed by atoms with Crippen molar-refractivity contribution in [1.82, 2.24) is 9.80 Å². The molecule has 1 aliphatic rings. The van der Waals surface area contributed by atoms with E-state index >= 15 is 0 Å². The third kappa shape index (κ3) is 4.30. The Hall–Kier alpha value is -0.900. The van der Waals surface area contributed by atoms with Gasteiger partial charge in [0.15, 0.2) is 0 Å². The summed E-state index contributed by atoms with van der Waals surface area (Å²) < 4.78 is 0. The molecular formula is C16H27N3. The normalized spacial score (nSPS) is 20.9. The van der Waals surface area contributed by atoms with E-state index in [1.165, 1.54) is 37.1 Å². The van der Waals surface area contributed by atoms with E-state index in [-0.39, 0.29) is 0 Å². The average Bonchev–Trinajstić information content (AvgIpc) is 2.41. The maximum atomic E-state index is 5.58. The van der Waals surface area contributed by atoms with Gasteiger partial charge in [-0.05, 0) is 57.6 Å². The van der Waals surface area contributed by atoms with Gasteiger partial charge in [-0.2, -0.15) is 0 Å². The zero-order chi connectivity index (χ0) is 13.7. The quantitative estimate of drug-likeness (QED) is 0.876. The standard InChI is InChI=1S/C16H27N3/c1-18-11-3-4-16(13-18)19(2)12-15-7-5-14(6-8-15)9-10-17/h5-8,16H,3-4,9-13,17H2,1-2H3. The third-order valence-corrected chi connectivity index (χ3v) is 4.11. The van der Waals surface area contributed by atoms with Crippen molar-refractivity contribution in [3.8, 4) is 0 Å². The molecule has 0 bridgehead atoms. The number of likely N-dealkylation sites (N-methyl/N-ethyl adjacent to an activating group) is 2. The van der Waals surface area contributed by atoms with E-state index in [2.05, 4.69) is 48.2 Å². The molecule has 3 heteroatoms. The van der Waals surface area contributed by atoms with Crippen LogP contribution in [0.3, 0.4) is 0 Å². The van der Waals surface area contributed by atoms with E-state index < -0.39 is 0 Å². The maximum Gasteiger partial charge on any atom is 0.0234 e. The summed E-state index contributed by atoms with van der Waals surface area (Å²) in [6, 6.07) is 9.61. The largest absolute Gasteiger partial charge is 0.330 e. The van der Waals surface area contributed by atoms with Crippen LogP contribution in [-0.2, 0) is 13.0 Å². The van der Waals surface area contributed by atoms with Crippen molar-refractivity contribution in [2.45, 2.75) is 31.8 Å². The summed E-state index contributed by atoms with van der Waals surface area (Å²) >= 11 is 0. The van der Waals surface area contributed by atoms with Gasteiger partial charge in [0.25, 0.3) is 0 Å². The molecule has 1 heterocycles. The minimum Gasteiger partial charge on any atom is -0.330 e. The molecule has 2 rings (SSSR count). The topological polar surface area (TPSA) is 32.5 Å². The second-order valence-corrected chi connectivity index (χ2v) is 5.83. The zero-order valence-electron chi connectivity index (χ0n) is 12.3. The van der Waals surface area contributed by atoms with Crippen LogP contribution in [0.5, 0.6) is 0 Å². The highest BCUT2D eigenvalue weighted by Crippen LogP contribution is 2.16. The van der Waals surface area contributed by atoms with Gasteiger partial charge in [0.05, 0.1) is 0 Å². The first-order valence-electron chi connectivity index (χ1n) is 7.35. The first kappa shape index (κ1) is 14.5. The van der Waals surface area contributed by atoms with E-state index in [0.717, 1.165) is 19.5 Å². The average molecular weight is 261 g/mol. The van der Waals surface area contributed by atoms with Gasteiger partial charge in [-0.25, -0.2) is 0 Å². The molecule has 19 heavy (non-hydrogen) atoms. The molecule has 1 unspecified atom stereocenters. The highest BCUT2D eigenvalue weighted by molar-refractivity contribution is 5.22. The molecule has 0 amide bonds. The molecule has 0 radical (unpaired) electrons. The lowest BCUT2D eigenvalue weighted by Crippen LogP contribution is -2.44. The molecule has 0 spiro atoms. The Labute approximate surface area is 117 Å². The fraction of sp³-hybridized carbons (Fsp3) is 0.625. The SMILES string of the molecule is CN1CCCC(N(C)Cc2ccc(CCN)cc2)C1. The Morgan fingerprint density at radius 2 is 1.95 bits per heavy atom. The number of benzene rings is 1. The molecule has 1 aromatic carbocycles. The van der Waals surface area contributed by atoms with E-state index in [0.29, 0.717) is 6.04 Å². The Balaban J connectivity index is 1.88. The van der Waals surface area contributed by atoms with Gasteiger partial charge in [0, 0.05) is 19.1 Å². The minimum atomic E-state index is 0.697. The number of nitrogens with two attached hydrogens (primary N) is 1. The second kappa shape index (κ2) is 7.04. The van der Waals surface area contributed by atoms with Gasteiger partial charge < -0.3 is 10.6 Å². The summed E-state index contributed by atoms with van der Waals surface area (Å²) in [7, 11) is 4.47. The molecule has 0 saturated carbocycles. The van der Waals surface area contributed by atoms with E-state index in [1.54, 1.807) is 0 Å². The van der Waals surface area contributed by atoms with Gasteiger partial charge in [0.1, 0.15) is 0 Å². The number of hydrogen-bond acceptors (Lipinski definition) is 3. The Morgan fingerprint density at radius 3 is 2.58 bits per heavy atom. The number of piperidine rings is 1. The summed E-state index contributed by atoms with van der Waals surface area (Å²) in [5.41, 5.74) is 8.32. The molecule has 1 fully saturated rings. The van der Waals surface area contributed by atoms with Gasteiger partial charge in [-0.15, -0.1) is 0 Å². The first-order chi connectivity index (χ1) is 9.19. The lowest BCUT2D eigenvalue weighted by atomic mass is 10.0. The lowest BCUT2D eigenvalue weighted by molar-refractivity contribution is 0.129. The highest BCUT2D eigenvalue weighted by atomic mass is 15.2. The summed E-state index contributed by atoms with van der Waals surface area (Å²) in [4.78, 5) is 4.93. The predicted molar refractivity (Wildman–Crippen MR) is 81.2 cm³/mol. The number of nitrogens with zero attached hydrogens (tertiary/aromatic N) is 2. The van der Waals surface area contributed by atoms with Crippen LogP contribution in [0.25, 0.3) is 0 Å². The molecule has 1 aliphatic heterocycles. The zero-order valence-corrected chi connectivity index (χ0v) is 12.3. The van der Waals surface area contributed by atoms with Crippen LogP contribution in [0, 0.1) is 0 Å². The molecule has 3 nitrogen and oxygen atoms in total. The Bertz CT molecular complexity index is 374. The first-order valence-corrected chi connectivity index (χ1v) is 7.35. The summed E-state index contributed by atoms with van der Waals surface area (Å²) in [6.45, 7) is 4.22. The van der Waals surface area contributed by atoms with Gasteiger partial charge in [-0.3, -0.25) is 4.90 Å². The Kier molecular flexibility index (Phi) is 5.37. The van der Waals surface area contributed by atoms with Crippen LogP contribution in [0.15, 0.2) is 24.3 Å². The van der Waals surface area contributed by atoms with Crippen molar-refractivity contribution in [3.63, 3.8) is 0 Å². The van der Waals surface area contributed by atoms with Crippen LogP contribution in [-0.4, -0.2) is 49.6 Å². The molecule has 1 aromatic rings. The molecule has 106 valence electrons. The van der Waals surface area contributed by atoms with Crippen molar-refractivity contribution in [2.75, 3.05) is 33.7 Å². The van der Waals surface area contributed by atoms with Gasteiger partial charge in [-0.1, -0.05) is 24.3 Å². The van der Waals surface area contributed by atoms with Crippen molar-refractivity contribution < 1.29 is 0 Å². The monoisotopic (exact) mass is 261 g/mol. The third-order valence-electron chi connectivity index (χ3n) is 4.11.